The van der Waals surface area contributed by atoms with Gasteiger partial charge in [0.2, 0.25) is 5.91 Å². The Morgan fingerprint density at radius 1 is 1.17 bits per heavy atom. The van der Waals surface area contributed by atoms with Crippen molar-refractivity contribution in [1.82, 2.24) is 19.5 Å². The zero-order valence-electron chi connectivity index (χ0n) is 21.6. The fourth-order valence-electron chi connectivity index (χ4n) is 6.21. The Morgan fingerprint density at radius 2 is 2.00 bits per heavy atom. The summed E-state index contributed by atoms with van der Waals surface area (Å²) in [5.74, 6) is 1.76. The lowest BCUT2D eigenvalue weighted by Gasteiger charge is -2.41. The van der Waals surface area contributed by atoms with Gasteiger partial charge in [-0.1, -0.05) is 6.92 Å². The summed E-state index contributed by atoms with van der Waals surface area (Å²) in [4.78, 5) is 23.4. The van der Waals surface area contributed by atoms with E-state index in [1.165, 1.54) is 6.42 Å². The molecular formula is C27H40ClN5O2. The predicted octanol–water partition coefficient (Wildman–Crippen LogP) is 5.14. The number of halogens is 1. The lowest BCUT2D eigenvalue weighted by atomic mass is 9.83. The molecule has 2 aromatic heterocycles. The average Bonchev–Trinajstić information content (AvgIpc) is 3.44. The first-order valence-electron chi connectivity index (χ1n) is 13.5. The van der Waals surface area contributed by atoms with Crippen molar-refractivity contribution < 1.29 is 9.53 Å². The highest BCUT2D eigenvalue weighted by atomic mass is 35.5. The number of fused-ring (bicyclic) bond motifs is 1. The fourth-order valence-corrected chi connectivity index (χ4v) is 6.53. The molecule has 192 valence electrons. The van der Waals surface area contributed by atoms with Crippen molar-refractivity contribution >= 4 is 29.0 Å². The summed E-state index contributed by atoms with van der Waals surface area (Å²) in [5, 5.41) is 4.96. The van der Waals surface area contributed by atoms with Gasteiger partial charge in [0, 0.05) is 42.8 Å². The van der Waals surface area contributed by atoms with Gasteiger partial charge in [0.1, 0.15) is 5.82 Å². The number of amides is 1. The molecular weight excluding hydrogens is 462 g/mol. The van der Waals surface area contributed by atoms with E-state index < -0.39 is 0 Å². The van der Waals surface area contributed by atoms with E-state index in [-0.39, 0.29) is 35.5 Å². The molecule has 2 aromatic rings. The topological polar surface area (TPSA) is 63.0 Å². The average molecular weight is 502 g/mol. The Kier molecular flexibility index (Phi) is 7.27. The molecule has 0 bridgehead atoms. The van der Waals surface area contributed by atoms with Gasteiger partial charge in [0.25, 0.3) is 0 Å². The molecule has 1 amide bonds. The largest absolute Gasteiger partial charge is 0.375 e. The number of aromatic nitrogens is 3. The molecule has 8 heteroatoms. The molecule has 3 unspecified atom stereocenters. The van der Waals surface area contributed by atoms with Crippen molar-refractivity contribution in [2.45, 2.75) is 96.3 Å². The SMILES string of the molecule is Cc1cn2nc([C@@H]3CCCCN3C(=O)C3CC(Cl)CCC3OC(C)C)cc2nc1N1CC[C@H](C)C1. The lowest BCUT2D eigenvalue weighted by Crippen LogP contribution is -2.48. The highest BCUT2D eigenvalue weighted by Crippen LogP contribution is 2.37. The van der Waals surface area contributed by atoms with Crippen LogP contribution in [0.15, 0.2) is 12.3 Å². The second kappa shape index (κ2) is 10.3. The zero-order chi connectivity index (χ0) is 24.7. The van der Waals surface area contributed by atoms with Gasteiger partial charge in [-0.2, -0.15) is 5.10 Å². The second-order valence-electron chi connectivity index (χ2n) is 11.2. The summed E-state index contributed by atoms with van der Waals surface area (Å²) in [6, 6.07) is 2.07. The number of likely N-dealkylation sites (tertiary alicyclic amines) is 1. The van der Waals surface area contributed by atoms with Crippen molar-refractivity contribution in [2.75, 3.05) is 24.5 Å². The van der Waals surface area contributed by atoms with Gasteiger partial charge in [-0.3, -0.25) is 4.79 Å². The van der Waals surface area contributed by atoms with Crippen LogP contribution in [-0.2, 0) is 9.53 Å². The molecule has 0 N–H and O–H groups in total. The first kappa shape index (κ1) is 24.8. The number of piperidine rings is 1. The number of nitrogens with zero attached hydrogens (tertiary/aromatic N) is 5. The van der Waals surface area contributed by atoms with Crippen molar-refractivity contribution in [3.8, 4) is 0 Å². The van der Waals surface area contributed by atoms with Crippen LogP contribution in [0, 0.1) is 18.8 Å². The van der Waals surface area contributed by atoms with E-state index in [0.29, 0.717) is 12.3 Å². The van der Waals surface area contributed by atoms with E-state index in [0.717, 1.165) is 74.5 Å². The number of hydrogen-bond donors (Lipinski definition) is 0. The van der Waals surface area contributed by atoms with Crippen molar-refractivity contribution in [2.24, 2.45) is 11.8 Å². The molecule has 2 saturated heterocycles. The third-order valence-corrected chi connectivity index (χ3v) is 8.36. The van der Waals surface area contributed by atoms with Crippen LogP contribution in [0.5, 0.6) is 0 Å². The number of carbonyl (C=O) groups excluding carboxylic acids is 1. The van der Waals surface area contributed by atoms with Gasteiger partial charge in [-0.25, -0.2) is 9.50 Å². The quantitative estimate of drug-likeness (QED) is 0.531. The Morgan fingerprint density at radius 3 is 2.74 bits per heavy atom. The maximum Gasteiger partial charge on any atom is 0.228 e. The highest BCUT2D eigenvalue weighted by molar-refractivity contribution is 6.20. The smallest absolute Gasteiger partial charge is 0.228 e. The van der Waals surface area contributed by atoms with Crippen molar-refractivity contribution in [1.29, 1.82) is 0 Å². The number of ether oxygens (including phenoxy) is 1. The van der Waals surface area contributed by atoms with Crippen LogP contribution in [0.2, 0.25) is 0 Å². The molecule has 7 nitrogen and oxygen atoms in total. The van der Waals surface area contributed by atoms with Crippen molar-refractivity contribution in [3.63, 3.8) is 0 Å². The minimum absolute atomic E-state index is 0.0242. The standard InChI is InChI=1S/C27H40ClN5O2/c1-17(2)35-24-9-8-20(28)13-21(24)27(34)32-11-6-5-7-23(32)22-14-25-29-26(19(4)16-33(25)30-22)31-12-10-18(3)15-31/h14,16-18,20-21,23-24H,5-13,15H2,1-4H3/t18-,20?,21?,23-,24?/m0/s1. The first-order valence-corrected chi connectivity index (χ1v) is 14.0. The summed E-state index contributed by atoms with van der Waals surface area (Å²) < 4.78 is 8.09. The molecule has 3 fully saturated rings. The summed E-state index contributed by atoms with van der Waals surface area (Å²) in [6.07, 6.45) is 8.82. The van der Waals surface area contributed by atoms with Crippen LogP contribution in [0.25, 0.3) is 5.65 Å². The van der Waals surface area contributed by atoms with E-state index in [1.54, 1.807) is 0 Å². The summed E-state index contributed by atoms with van der Waals surface area (Å²) >= 11 is 6.54. The van der Waals surface area contributed by atoms with Gasteiger partial charge in [-0.05, 0) is 71.6 Å². The molecule has 35 heavy (non-hydrogen) atoms. The molecule has 5 rings (SSSR count). The monoisotopic (exact) mass is 501 g/mol. The molecule has 0 radical (unpaired) electrons. The molecule has 0 aromatic carbocycles. The number of hydrogen-bond acceptors (Lipinski definition) is 5. The molecule has 1 saturated carbocycles. The van der Waals surface area contributed by atoms with E-state index in [2.05, 4.69) is 35.9 Å². The third-order valence-electron chi connectivity index (χ3n) is 7.96. The van der Waals surface area contributed by atoms with E-state index in [1.807, 2.05) is 18.4 Å². The first-order chi connectivity index (χ1) is 16.8. The van der Waals surface area contributed by atoms with Crippen LogP contribution >= 0.6 is 11.6 Å². The normalized spacial score (nSPS) is 29.9. The highest BCUT2D eigenvalue weighted by Gasteiger charge is 2.41. The van der Waals surface area contributed by atoms with Crippen LogP contribution in [0.3, 0.4) is 0 Å². The Hall–Kier alpha value is -1.86. The predicted molar refractivity (Wildman–Crippen MR) is 139 cm³/mol. The van der Waals surface area contributed by atoms with Gasteiger partial charge in [0.05, 0.1) is 29.9 Å². The molecule has 2 aliphatic heterocycles. The Bertz CT molecular complexity index is 1060. The van der Waals surface area contributed by atoms with Crippen LogP contribution in [0.4, 0.5) is 5.82 Å². The van der Waals surface area contributed by atoms with Crippen molar-refractivity contribution in [3.05, 3.63) is 23.5 Å². The van der Waals surface area contributed by atoms with Gasteiger partial charge in [0.15, 0.2) is 5.65 Å². The Balaban J connectivity index is 1.41. The zero-order valence-corrected chi connectivity index (χ0v) is 22.4. The van der Waals surface area contributed by atoms with Crippen LogP contribution < -0.4 is 4.90 Å². The van der Waals surface area contributed by atoms with Gasteiger partial charge >= 0.3 is 0 Å². The number of rotatable bonds is 5. The molecule has 1 aliphatic carbocycles. The van der Waals surface area contributed by atoms with E-state index in [9.17, 15) is 4.79 Å². The lowest BCUT2D eigenvalue weighted by molar-refractivity contribution is -0.149. The fraction of sp³-hybridized carbons (Fsp3) is 0.741. The number of aryl methyl sites for hydroxylation is 1. The summed E-state index contributed by atoms with van der Waals surface area (Å²) in [6.45, 7) is 11.4. The minimum atomic E-state index is -0.185. The minimum Gasteiger partial charge on any atom is -0.375 e. The van der Waals surface area contributed by atoms with Crippen LogP contribution in [-0.4, -0.2) is 62.6 Å². The van der Waals surface area contributed by atoms with Crippen LogP contribution in [0.1, 0.15) is 83.0 Å². The second-order valence-corrected chi connectivity index (χ2v) is 11.9. The molecule has 3 aliphatic rings. The molecule has 0 spiro atoms. The van der Waals surface area contributed by atoms with Gasteiger partial charge in [-0.15, -0.1) is 11.6 Å². The maximum absolute atomic E-state index is 13.9. The number of carbonyl (C=O) groups is 1. The molecule has 5 atom stereocenters. The third kappa shape index (κ3) is 5.17. The van der Waals surface area contributed by atoms with E-state index in [4.69, 9.17) is 26.4 Å². The molecule has 4 heterocycles. The number of alkyl halides is 1. The van der Waals surface area contributed by atoms with Gasteiger partial charge < -0.3 is 14.5 Å². The Labute approximate surface area is 214 Å². The van der Waals surface area contributed by atoms with E-state index >= 15 is 0 Å². The maximum atomic E-state index is 13.9. The summed E-state index contributed by atoms with van der Waals surface area (Å²) in [7, 11) is 0. The summed E-state index contributed by atoms with van der Waals surface area (Å²) in [5.41, 5.74) is 2.94. The number of anilines is 1.